The number of H-pyrrole nitrogens is 1. The summed E-state index contributed by atoms with van der Waals surface area (Å²) in [6.07, 6.45) is 1.61. The zero-order valence-electron chi connectivity index (χ0n) is 17.7. The number of nitrogens with zero attached hydrogens (tertiary/aromatic N) is 4. The quantitative estimate of drug-likeness (QED) is 0.302. The number of furan rings is 1. The third kappa shape index (κ3) is 3.74. The summed E-state index contributed by atoms with van der Waals surface area (Å²) in [4.78, 5) is 21.4. The van der Waals surface area contributed by atoms with Crippen LogP contribution in [0.2, 0.25) is 0 Å². The first-order chi connectivity index (χ1) is 16.8. The van der Waals surface area contributed by atoms with Gasteiger partial charge in [0.15, 0.2) is 10.9 Å². The van der Waals surface area contributed by atoms with E-state index in [1.807, 2.05) is 82.7 Å². The summed E-state index contributed by atoms with van der Waals surface area (Å²) in [5.74, 6) is 2.27. The Kier molecular flexibility index (Phi) is 5.32. The third-order valence-corrected chi connectivity index (χ3v) is 7.12. The number of rotatable bonds is 6. The summed E-state index contributed by atoms with van der Waals surface area (Å²) in [7, 11) is 0. The number of para-hydroxylation sites is 1. The van der Waals surface area contributed by atoms with Gasteiger partial charge in [0, 0.05) is 16.6 Å². The Balaban J connectivity index is 1.34. The topological polar surface area (TPSA) is 89.6 Å². The molecule has 0 aliphatic rings. The average molecular weight is 484 g/mol. The number of hydrogen-bond donors (Lipinski definition) is 1. The van der Waals surface area contributed by atoms with Gasteiger partial charge in [0.05, 0.1) is 17.4 Å². The Morgan fingerprint density at radius 1 is 0.971 bits per heavy atom. The van der Waals surface area contributed by atoms with E-state index in [1.165, 1.54) is 23.1 Å². The van der Waals surface area contributed by atoms with E-state index in [9.17, 15) is 4.79 Å². The molecular weight excluding hydrogens is 466 g/mol. The number of hydrogen-bond acceptors (Lipinski definition) is 7. The Labute approximate surface area is 202 Å². The van der Waals surface area contributed by atoms with Crippen molar-refractivity contribution in [2.45, 2.75) is 10.9 Å². The Morgan fingerprint density at radius 3 is 2.53 bits per heavy atom. The second-order valence-corrected chi connectivity index (χ2v) is 9.25. The van der Waals surface area contributed by atoms with Gasteiger partial charge in [0.25, 0.3) is 5.56 Å². The van der Waals surface area contributed by atoms with Crippen molar-refractivity contribution >= 4 is 33.3 Å². The van der Waals surface area contributed by atoms with Crippen molar-refractivity contribution in [1.29, 1.82) is 0 Å². The molecule has 0 aliphatic carbocycles. The molecule has 0 bridgehead atoms. The summed E-state index contributed by atoms with van der Waals surface area (Å²) in [5.41, 5.74) is 2.69. The van der Waals surface area contributed by atoms with E-state index >= 15 is 0 Å². The fourth-order valence-corrected chi connectivity index (χ4v) is 5.55. The van der Waals surface area contributed by atoms with E-state index < -0.39 is 0 Å². The van der Waals surface area contributed by atoms with Gasteiger partial charge < -0.3 is 9.40 Å². The summed E-state index contributed by atoms with van der Waals surface area (Å²) in [6.45, 7) is 0. The van der Waals surface area contributed by atoms with Gasteiger partial charge >= 0.3 is 0 Å². The molecule has 0 aliphatic heterocycles. The number of aromatic amines is 1. The molecule has 1 N–H and O–H groups in total. The van der Waals surface area contributed by atoms with Gasteiger partial charge in [-0.25, -0.2) is 4.98 Å². The molecule has 7 nitrogen and oxygen atoms in total. The molecule has 34 heavy (non-hydrogen) atoms. The van der Waals surface area contributed by atoms with Crippen molar-refractivity contribution in [3.63, 3.8) is 0 Å². The van der Waals surface area contributed by atoms with Gasteiger partial charge in [-0.3, -0.25) is 9.36 Å². The molecule has 0 amide bonds. The van der Waals surface area contributed by atoms with Crippen LogP contribution in [0.5, 0.6) is 0 Å². The van der Waals surface area contributed by atoms with Crippen molar-refractivity contribution in [2.24, 2.45) is 0 Å². The summed E-state index contributed by atoms with van der Waals surface area (Å²) in [5, 5.41) is 12.0. The minimum absolute atomic E-state index is 0.137. The molecule has 0 saturated heterocycles. The summed E-state index contributed by atoms with van der Waals surface area (Å²) >= 11 is 2.93. The molecular formula is C25H17N5O2S2. The fraction of sp³-hybridized carbons (Fsp3) is 0.0400. The molecule has 9 heteroatoms. The molecule has 2 aromatic carbocycles. The first kappa shape index (κ1) is 20.6. The molecule has 166 valence electrons. The van der Waals surface area contributed by atoms with E-state index in [1.54, 1.807) is 6.26 Å². The monoisotopic (exact) mass is 483 g/mol. The Hall–Kier alpha value is -3.95. The average Bonchev–Trinajstić information content (AvgIpc) is 3.63. The van der Waals surface area contributed by atoms with E-state index in [4.69, 9.17) is 9.40 Å². The molecule has 6 aromatic rings. The molecule has 0 atom stereocenters. The number of thiophene rings is 1. The van der Waals surface area contributed by atoms with Crippen molar-refractivity contribution in [3.05, 3.63) is 101 Å². The van der Waals surface area contributed by atoms with Gasteiger partial charge in [-0.05, 0) is 29.8 Å². The predicted molar refractivity (Wildman–Crippen MR) is 134 cm³/mol. The van der Waals surface area contributed by atoms with Crippen LogP contribution in [0.15, 0.2) is 98.8 Å². The normalized spacial score (nSPS) is 11.3. The van der Waals surface area contributed by atoms with Crippen molar-refractivity contribution in [3.8, 4) is 28.4 Å². The third-order valence-electron chi connectivity index (χ3n) is 5.31. The van der Waals surface area contributed by atoms with Crippen LogP contribution in [0, 0.1) is 0 Å². The lowest BCUT2D eigenvalue weighted by Gasteiger charge is -2.09. The molecule has 6 rings (SSSR count). The summed E-state index contributed by atoms with van der Waals surface area (Å²) in [6, 6.07) is 23.4. The lowest BCUT2D eigenvalue weighted by molar-refractivity contribution is 0.575. The highest BCUT2D eigenvalue weighted by Crippen LogP contribution is 2.32. The SMILES string of the molecule is O=c1[nH]c(CSc2nnc(-c3ccco3)n2-c2ccccc2)nc2scc(-c3ccccc3)c12. The highest BCUT2D eigenvalue weighted by Gasteiger charge is 2.19. The lowest BCUT2D eigenvalue weighted by atomic mass is 10.1. The number of fused-ring (bicyclic) bond motifs is 1. The summed E-state index contributed by atoms with van der Waals surface area (Å²) < 4.78 is 7.51. The zero-order valence-corrected chi connectivity index (χ0v) is 19.3. The van der Waals surface area contributed by atoms with E-state index in [0.29, 0.717) is 33.7 Å². The van der Waals surface area contributed by atoms with Gasteiger partial charge in [-0.2, -0.15) is 0 Å². The van der Waals surface area contributed by atoms with Crippen LogP contribution in [0.25, 0.3) is 38.6 Å². The van der Waals surface area contributed by atoms with Gasteiger partial charge in [-0.1, -0.05) is 60.3 Å². The van der Waals surface area contributed by atoms with Crippen LogP contribution in [-0.4, -0.2) is 24.7 Å². The molecule has 0 radical (unpaired) electrons. The van der Waals surface area contributed by atoms with Crippen molar-refractivity contribution in [1.82, 2.24) is 24.7 Å². The Morgan fingerprint density at radius 2 is 1.76 bits per heavy atom. The highest BCUT2D eigenvalue weighted by atomic mass is 32.2. The second kappa shape index (κ2) is 8.77. The number of aromatic nitrogens is 5. The van der Waals surface area contributed by atoms with Gasteiger partial charge in [0.1, 0.15) is 10.7 Å². The van der Waals surface area contributed by atoms with Crippen LogP contribution in [0.1, 0.15) is 5.82 Å². The van der Waals surface area contributed by atoms with Crippen LogP contribution < -0.4 is 5.56 Å². The first-order valence-corrected chi connectivity index (χ1v) is 12.4. The van der Waals surface area contributed by atoms with Crippen LogP contribution in [0.4, 0.5) is 0 Å². The molecule has 4 aromatic heterocycles. The number of nitrogens with one attached hydrogen (secondary N) is 1. The number of thioether (sulfide) groups is 1. The highest BCUT2D eigenvalue weighted by molar-refractivity contribution is 7.98. The molecule has 4 heterocycles. The van der Waals surface area contributed by atoms with Gasteiger partial charge in [-0.15, -0.1) is 21.5 Å². The predicted octanol–water partition coefficient (Wildman–Crippen LogP) is 5.78. The molecule has 0 saturated carbocycles. The Bertz CT molecular complexity index is 1620. The maximum Gasteiger partial charge on any atom is 0.260 e. The second-order valence-electron chi connectivity index (χ2n) is 7.45. The lowest BCUT2D eigenvalue weighted by Crippen LogP contribution is -2.11. The molecule has 0 spiro atoms. The molecule has 0 unspecified atom stereocenters. The van der Waals surface area contributed by atoms with E-state index in [-0.39, 0.29) is 5.56 Å². The maximum atomic E-state index is 13.0. The standard InChI is InChI=1S/C25H17N5O2S2/c31-23-21-18(16-8-3-1-4-9-16)14-33-24(21)27-20(26-23)15-34-25-29-28-22(19-12-7-13-32-19)30(25)17-10-5-2-6-11-17/h1-14H,15H2,(H,26,27,31). The minimum Gasteiger partial charge on any atom is -0.461 e. The number of benzene rings is 2. The minimum atomic E-state index is -0.137. The first-order valence-electron chi connectivity index (χ1n) is 10.5. The fourth-order valence-electron chi connectivity index (χ4n) is 3.76. The van der Waals surface area contributed by atoms with E-state index in [0.717, 1.165) is 21.6 Å². The largest absolute Gasteiger partial charge is 0.461 e. The maximum absolute atomic E-state index is 13.0. The van der Waals surface area contributed by atoms with Crippen LogP contribution >= 0.6 is 23.1 Å². The van der Waals surface area contributed by atoms with E-state index in [2.05, 4.69) is 15.2 Å². The van der Waals surface area contributed by atoms with Gasteiger partial charge in [0.2, 0.25) is 5.82 Å². The van der Waals surface area contributed by atoms with Crippen LogP contribution in [-0.2, 0) is 5.75 Å². The smallest absolute Gasteiger partial charge is 0.260 e. The van der Waals surface area contributed by atoms with Crippen molar-refractivity contribution in [2.75, 3.05) is 0 Å². The van der Waals surface area contributed by atoms with Crippen LogP contribution in [0.3, 0.4) is 0 Å². The zero-order chi connectivity index (χ0) is 22.9. The molecule has 0 fully saturated rings. The van der Waals surface area contributed by atoms with Crippen molar-refractivity contribution < 1.29 is 4.42 Å².